The molecule has 1 fully saturated rings. The molecule has 0 saturated carbocycles. The Bertz CT molecular complexity index is 1100. The molecule has 0 radical (unpaired) electrons. The first-order chi connectivity index (χ1) is 17.0. The van der Waals surface area contributed by atoms with Gasteiger partial charge in [-0.2, -0.15) is 0 Å². The van der Waals surface area contributed by atoms with Crippen LogP contribution in [-0.2, 0) is 22.5 Å². The number of nitrogens with zero attached hydrogens (tertiary/aromatic N) is 4. The van der Waals surface area contributed by atoms with Crippen molar-refractivity contribution in [3.05, 3.63) is 66.0 Å². The van der Waals surface area contributed by atoms with Gasteiger partial charge in [0.25, 0.3) is 0 Å². The van der Waals surface area contributed by atoms with Gasteiger partial charge in [-0.05, 0) is 43.0 Å². The number of hydrogen-bond acceptors (Lipinski definition) is 7. The SMILES string of the molecule is COC(=O)[C@@H](Nc1nc(CN2CCN(CCCc3ccccc3)CC2)nc2ccccc12)C(C)C. The summed E-state index contributed by atoms with van der Waals surface area (Å²) in [6, 6.07) is 18.2. The number of aryl methyl sites for hydroxylation is 1. The molecule has 4 rings (SSSR count). The van der Waals surface area contributed by atoms with Gasteiger partial charge in [-0.3, -0.25) is 4.90 Å². The molecule has 35 heavy (non-hydrogen) atoms. The fourth-order valence-electron chi connectivity index (χ4n) is 4.60. The summed E-state index contributed by atoms with van der Waals surface area (Å²) >= 11 is 0. The van der Waals surface area contributed by atoms with Gasteiger partial charge >= 0.3 is 5.97 Å². The van der Waals surface area contributed by atoms with Crippen molar-refractivity contribution in [1.82, 2.24) is 19.8 Å². The third-order valence-corrected chi connectivity index (χ3v) is 6.68. The second-order valence-corrected chi connectivity index (χ2v) is 9.60. The summed E-state index contributed by atoms with van der Waals surface area (Å²) in [5, 5.41) is 4.25. The molecule has 1 aliphatic rings. The van der Waals surface area contributed by atoms with Crippen LogP contribution in [-0.4, -0.2) is 71.6 Å². The molecule has 0 spiro atoms. The minimum atomic E-state index is -0.467. The number of piperazine rings is 1. The van der Waals surface area contributed by atoms with Crippen molar-refractivity contribution in [3.8, 4) is 0 Å². The van der Waals surface area contributed by atoms with Crippen molar-refractivity contribution < 1.29 is 9.53 Å². The van der Waals surface area contributed by atoms with Gasteiger partial charge in [0.1, 0.15) is 17.7 Å². The minimum absolute atomic E-state index is 0.0644. The van der Waals surface area contributed by atoms with Gasteiger partial charge in [-0.15, -0.1) is 0 Å². The summed E-state index contributed by atoms with van der Waals surface area (Å²) in [5.74, 6) is 1.24. The Kier molecular flexibility index (Phi) is 8.66. The lowest BCUT2D eigenvalue weighted by molar-refractivity contribution is -0.142. The van der Waals surface area contributed by atoms with E-state index in [4.69, 9.17) is 14.7 Å². The summed E-state index contributed by atoms with van der Waals surface area (Å²) in [7, 11) is 1.42. The molecule has 1 N–H and O–H groups in total. The fourth-order valence-corrected chi connectivity index (χ4v) is 4.60. The summed E-state index contributed by atoms with van der Waals surface area (Å²) < 4.78 is 5.02. The van der Waals surface area contributed by atoms with Crippen molar-refractivity contribution in [2.75, 3.05) is 45.2 Å². The van der Waals surface area contributed by atoms with Crippen LogP contribution in [0.5, 0.6) is 0 Å². The molecule has 0 amide bonds. The first kappa shape index (κ1) is 25.1. The van der Waals surface area contributed by atoms with Gasteiger partial charge in [-0.25, -0.2) is 14.8 Å². The number of carbonyl (C=O) groups is 1. The molecule has 1 aliphatic heterocycles. The van der Waals surface area contributed by atoms with Crippen molar-refractivity contribution in [2.24, 2.45) is 5.92 Å². The Morgan fingerprint density at radius 3 is 2.37 bits per heavy atom. The van der Waals surface area contributed by atoms with E-state index >= 15 is 0 Å². The van der Waals surface area contributed by atoms with Gasteiger partial charge in [0.2, 0.25) is 0 Å². The highest BCUT2D eigenvalue weighted by molar-refractivity contribution is 5.91. The normalized spacial score (nSPS) is 15.9. The zero-order valence-electron chi connectivity index (χ0n) is 21.1. The second-order valence-electron chi connectivity index (χ2n) is 9.60. The minimum Gasteiger partial charge on any atom is -0.467 e. The fraction of sp³-hybridized carbons (Fsp3) is 0.464. The summed E-state index contributed by atoms with van der Waals surface area (Å²) in [4.78, 5) is 27.0. The highest BCUT2D eigenvalue weighted by atomic mass is 16.5. The number of ether oxygens (including phenoxy) is 1. The average Bonchev–Trinajstić information content (AvgIpc) is 2.88. The number of esters is 1. The molecular weight excluding hydrogens is 438 g/mol. The molecule has 1 aromatic heterocycles. The lowest BCUT2D eigenvalue weighted by Crippen LogP contribution is -2.46. The highest BCUT2D eigenvalue weighted by Gasteiger charge is 2.25. The highest BCUT2D eigenvalue weighted by Crippen LogP contribution is 2.23. The standard InChI is InChI=1S/C28H37N5O2/c1-21(2)26(28(34)35-3)31-27-23-13-7-8-14-24(23)29-25(30-27)20-33-18-16-32(17-19-33)15-9-12-22-10-5-4-6-11-22/h4-8,10-11,13-14,21,26H,9,12,15-20H2,1-3H3,(H,29,30,31)/t26-/m0/s1. The Balaban J connectivity index is 1.37. The Labute approximate surface area is 208 Å². The molecule has 0 unspecified atom stereocenters. The van der Waals surface area contributed by atoms with Crippen molar-refractivity contribution in [3.63, 3.8) is 0 Å². The van der Waals surface area contributed by atoms with Crippen molar-refractivity contribution in [1.29, 1.82) is 0 Å². The molecule has 1 atom stereocenters. The number of benzene rings is 2. The van der Waals surface area contributed by atoms with E-state index in [0.717, 1.165) is 55.9 Å². The van der Waals surface area contributed by atoms with Crippen molar-refractivity contribution >= 4 is 22.7 Å². The summed E-state index contributed by atoms with van der Waals surface area (Å²) in [6.45, 7) is 9.95. The van der Waals surface area contributed by atoms with Crippen LogP contribution in [0.3, 0.4) is 0 Å². The van der Waals surface area contributed by atoms with E-state index < -0.39 is 6.04 Å². The van der Waals surface area contributed by atoms with Crippen LogP contribution in [0.4, 0.5) is 5.82 Å². The molecule has 1 saturated heterocycles. The van der Waals surface area contributed by atoms with Crippen LogP contribution in [0.15, 0.2) is 54.6 Å². The van der Waals surface area contributed by atoms with E-state index in [-0.39, 0.29) is 11.9 Å². The lowest BCUT2D eigenvalue weighted by atomic mass is 10.0. The Morgan fingerprint density at radius 2 is 1.66 bits per heavy atom. The van der Waals surface area contributed by atoms with E-state index in [1.165, 1.54) is 19.1 Å². The second kappa shape index (κ2) is 12.1. The third-order valence-electron chi connectivity index (χ3n) is 6.68. The summed E-state index contributed by atoms with van der Waals surface area (Å²) in [5.41, 5.74) is 2.29. The zero-order valence-corrected chi connectivity index (χ0v) is 21.1. The van der Waals surface area contributed by atoms with Gasteiger partial charge in [0, 0.05) is 31.6 Å². The third kappa shape index (κ3) is 6.77. The maximum Gasteiger partial charge on any atom is 0.328 e. The predicted molar refractivity (Wildman–Crippen MR) is 140 cm³/mol. The number of nitrogens with one attached hydrogen (secondary N) is 1. The maximum absolute atomic E-state index is 12.3. The number of methoxy groups -OCH3 is 1. The van der Waals surface area contributed by atoms with E-state index in [1.807, 2.05) is 38.1 Å². The monoisotopic (exact) mass is 475 g/mol. The molecule has 3 aromatic rings. The number of carbonyl (C=O) groups excluding carboxylic acids is 1. The molecule has 0 bridgehead atoms. The first-order valence-corrected chi connectivity index (χ1v) is 12.6. The van der Waals surface area contributed by atoms with E-state index in [0.29, 0.717) is 12.4 Å². The quantitative estimate of drug-likeness (QED) is 0.445. The number of rotatable bonds is 10. The Hall–Kier alpha value is -3.03. The maximum atomic E-state index is 12.3. The van der Waals surface area contributed by atoms with Gasteiger partial charge in [0.15, 0.2) is 0 Å². The van der Waals surface area contributed by atoms with E-state index in [9.17, 15) is 4.79 Å². The topological polar surface area (TPSA) is 70.6 Å². The van der Waals surface area contributed by atoms with E-state index in [2.05, 4.69) is 45.4 Å². The number of aromatic nitrogens is 2. The van der Waals surface area contributed by atoms with Crippen LogP contribution in [0, 0.1) is 5.92 Å². The van der Waals surface area contributed by atoms with E-state index in [1.54, 1.807) is 0 Å². The summed E-state index contributed by atoms with van der Waals surface area (Å²) in [6.07, 6.45) is 2.31. The molecule has 7 heteroatoms. The largest absolute Gasteiger partial charge is 0.467 e. The molecule has 0 aliphatic carbocycles. The molecule has 2 heterocycles. The van der Waals surface area contributed by atoms with Crippen molar-refractivity contribution in [2.45, 2.75) is 39.3 Å². The lowest BCUT2D eigenvalue weighted by Gasteiger charge is -2.34. The molecular formula is C28H37N5O2. The van der Waals surface area contributed by atoms with Crippen LogP contribution < -0.4 is 5.32 Å². The van der Waals surface area contributed by atoms with Crippen LogP contribution in [0.1, 0.15) is 31.7 Å². The molecule has 7 nitrogen and oxygen atoms in total. The van der Waals surface area contributed by atoms with Gasteiger partial charge in [0.05, 0.1) is 19.2 Å². The smallest absolute Gasteiger partial charge is 0.328 e. The predicted octanol–water partition coefficient (Wildman–Crippen LogP) is 3.99. The number of anilines is 1. The molecule has 186 valence electrons. The number of para-hydroxylation sites is 1. The first-order valence-electron chi connectivity index (χ1n) is 12.6. The number of fused-ring (bicyclic) bond motifs is 1. The average molecular weight is 476 g/mol. The zero-order chi connectivity index (χ0) is 24.6. The van der Waals surface area contributed by atoms with Gasteiger partial charge < -0.3 is 15.0 Å². The molecule has 2 aromatic carbocycles. The Morgan fingerprint density at radius 1 is 0.971 bits per heavy atom. The van der Waals surface area contributed by atoms with Crippen LogP contribution >= 0.6 is 0 Å². The number of hydrogen-bond donors (Lipinski definition) is 1. The van der Waals surface area contributed by atoms with Crippen LogP contribution in [0.2, 0.25) is 0 Å². The van der Waals surface area contributed by atoms with Crippen LogP contribution in [0.25, 0.3) is 10.9 Å². The van der Waals surface area contributed by atoms with Gasteiger partial charge in [-0.1, -0.05) is 56.3 Å².